The minimum absolute atomic E-state index is 0.239. The van der Waals surface area contributed by atoms with E-state index in [0.717, 1.165) is 35.3 Å². The van der Waals surface area contributed by atoms with E-state index < -0.39 is 11.9 Å². The molecule has 1 aromatic carbocycles. The van der Waals surface area contributed by atoms with Crippen LogP contribution in [-0.2, 0) is 12.7 Å². The van der Waals surface area contributed by atoms with Crippen LogP contribution in [0.2, 0.25) is 0 Å². The van der Waals surface area contributed by atoms with Gasteiger partial charge in [-0.2, -0.15) is 13.2 Å². The van der Waals surface area contributed by atoms with Crippen LogP contribution in [0.3, 0.4) is 0 Å². The molecular formula is C15H15F3N2S. The first kappa shape index (κ1) is 14.5. The molecule has 1 aliphatic rings. The largest absolute Gasteiger partial charge is 0.434 e. The predicted octanol–water partition coefficient (Wildman–Crippen LogP) is 4.39. The topological polar surface area (TPSA) is 24.9 Å². The van der Waals surface area contributed by atoms with Gasteiger partial charge in [0.15, 0.2) is 5.69 Å². The summed E-state index contributed by atoms with van der Waals surface area (Å²) in [6.45, 7) is 2.12. The zero-order chi connectivity index (χ0) is 15.0. The second-order valence-electron chi connectivity index (χ2n) is 5.26. The molecular weight excluding hydrogens is 297 g/mol. The second-order valence-corrected chi connectivity index (χ2v) is 6.34. The number of nitrogens with one attached hydrogen (secondary N) is 1. The van der Waals surface area contributed by atoms with E-state index in [1.54, 1.807) is 0 Å². The summed E-state index contributed by atoms with van der Waals surface area (Å²) in [6, 6.07) is 7.75. The first-order valence-corrected chi connectivity index (χ1v) is 7.63. The fourth-order valence-electron chi connectivity index (χ4n) is 2.15. The average Bonchev–Trinajstić information content (AvgIpc) is 3.14. The highest BCUT2D eigenvalue weighted by molar-refractivity contribution is 7.15. The van der Waals surface area contributed by atoms with E-state index in [1.807, 2.05) is 31.2 Å². The molecule has 1 aromatic heterocycles. The Morgan fingerprint density at radius 3 is 2.62 bits per heavy atom. The van der Waals surface area contributed by atoms with Gasteiger partial charge in [0.25, 0.3) is 0 Å². The molecule has 0 unspecified atom stereocenters. The zero-order valence-corrected chi connectivity index (χ0v) is 12.3. The molecule has 1 N–H and O–H groups in total. The lowest BCUT2D eigenvalue weighted by molar-refractivity contribution is -0.141. The van der Waals surface area contributed by atoms with Gasteiger partial charge >= 0.3 is 6.18 Å². The molecule has 2 nitrogen and oxygen atoms in total. The van der Waals surface area contributed by atoms with Gasteiger partial charge in [-0.1, -0.05) is 24.3 Å². The van der Waals surface area contributed by atoms with Crippen molar-refractivity contribution in [2.75, 3.05) is 0 Å². The molecule has 1 heterocycles. The Morgan fingerprint density at radius 2 is 2.00 bits per heavy atom. The molecule has 1 saturated carbocycles. The van der Waals surface area contributed by atoms with Crippen molar-refractivity contribution in [2.24, 2.45) is 0 Å². The lowest BCUT2D eigenvalue weighted by Crippen LogP contribution is -2.18. The third-order valence-corrected chi connectivity index (χ3v) is 4.56. The molecule has 112 valence electrons. The minimum Gasteiger partial charge on any atom is -0.309 e. The monoisotopic (exact) mass is 312 g/mol. The number of nitrogens with zero attached hydrogens (tertiary/aromatic N) is 1. The van der Waals surface area contributed by atoms with Gasteiger partial charge in [0, 0.05) is 18.2 Å². The summed E-state index contributed by atoms with van der Waals surface area (Å²) in [5, 5.41) is 3.57. The number of aromatic nitrogens is 1. The molecule has 0 bridgehead atoms. The molecule has 0 spiro atoms. The van der Waals surface area contributed by atoms with Crippen LogP contribution in [0.25, 0.3) is 10.6 Å². The van der Waals surface area contributed by atoms with Crippen LogP contribution in [0.1, 0.15) is 29.0 Å². The molecule has 1 fully saturated rings. The standard InChI is InChI=1S/C15H15F3N2S/c1-9-4-2-3-5-11(9)14-20-13(15(16,17)18)12(21-14)8-19-10-6-7-10/h2-5,10,19H,6-8H2,1H3. The van der Waals surface area contributed by atoms with Gasteiger partial charge in [0.1, 0.15) is 5.01 Å². The van der Waals surface area contributed by atoms with E-state index in [1.165, 1.54) is 0 Å². The van der Waals surface area contributed by atoms with Crippen LogP contribution in [-0.4, -0.2) is 11.0 Å². The Bertz CT molecular complexity index is 645. The summed E-state index contributed by atoms with van der Waals surface area (Å²) in [4.78, 5) is 4.14. The summed E-state index contributed by atoms with van der Waals surface area (Å²) in [6.07, 6.45) is -2.31. The average molecular weight is 312 g/mol. The molecule has 3 rings (SSSR count). The van der Waals surface area contributed by atoms with Crippen molar-refractivity contribution in [3.05, 3.63) is 40.4 Å². The van der Waals surface area contributed by atoms with Crippen molar-refractivity contribution in [2.45, 2.75) is 38.5 Å². The van der Waals surface area contributed by atoms with E-state index in [0.29, 0.717) is 11.0 Å². The lowest BCUT2D eigenvalue weighted by atomic mass is 10.1. The predicted molar refractivity (Wildman–Crippen MR) is 77.2 cm³/mol. The fraction of sp³-hybridized carbons (Fsp3) is 0.400. The highest BCUT2D eigenvalue weighted by Gasteiger charge is 2.38. The van der Waals surface area contributed by atoms with E-state index in [2.05, 4.69) is 10.3 Å². The molecule has 0 radical (unpaired) electrons. The summed E-state index contributed by atoms with van der Waals surface area (Å²) in [5.74, 6) is 0. The molecule has 6 heteroatoms. The maximum atomic E-state index is 13.1. The highest BCUT2D eigenvalue weighted by Crippen LogP contribution is 2.38. The molecule has 0 saturated heterocycles. The van der Waals surface area contributed by atoms with Crippen LogP contribution in [0.15, 0.2) is 24.3 Å². The number of thiazole rings is 1. The van der Waals surface area contributed by atoms with Gasteiger partial charge in [0.05, 0.1) is 4.88 Å². The molecule has 21 heavy (non-hydrogen) atoms. The summed E-state index contributed by atoms with van der Waals surface area (Å²) in [7, 11) is 0. The summed E-state index contributed by atoms with van der Waals surface area (Å²) < 4.78 is 39.4. The molecule has 0 aliphatic heterocycles. The van der Waals surface area contributed by atoms with E-state index in [9.17, 15) is 13.2 Å². The van der Waals surface area contributed by atoms with Gasteiger partial charge in [-0.05, 0) is 25.3 Å². The van der Waals surface area contributed by atoms with E-state index in [-0.39, 0.29) is 11.4 Å². The van der Waals surface area contributed by atoms with Crippen molar-refractivity contribution in [1.82, 2.24) is 10.3 Å². The van der Waals surface area contributed by atoms with Gasteiger partial charge in [-0.3, -0.25) is 0 Å². The number of hydrogen-bond donors (Lipinski definition) is 1. The Kier molecular flexibility index (Phi) is 3.75. The number of hydrogen-bond acceptors (Lipinski definition) is 3. The third-order valence-electron chi connectivity index (χ3n) is 3.47. The zero-order valence-electron chi connectivity index (χ0n) is 11.5. The van der Waals surface area contributed by atoms with Crippen molar-refractivity contribution < 1.29 is 13.2 Å². The molecule has 2 aromatic rings. The fourth-order valence-corrected chi connectivity index (χ4v) is 3.27. The van der Waals surface area contributed by atoms with Crippen LogP contribution in [0, 0.1) is 6.92 Å². The maximum Gasteiger partial charge on any atom is 0.434 e. The SMILES string of the molecule is Cc1ccccc1-c1nc(C(F)(F)F)c(CNC2CC2)s1. The normalized spacial score (nSPS) is 15.4. The summed E-state index contributed by atoms with van der Waals surface area (Å²) in [5.41, 5.74) is 0.950. The lowest BCUT2D eigenvalue weighted by Gasteiger charge is -2.06. The van der Waals surface area contributed by atoms with Crippen LogP contribution in [0.5, 0.6) is 0 Å². The second kappa shape index (κ2) is 5.42. The van der Waals surface area contributed by atoms with Crippen molar-refractivity contribution in [3.63, 3.8) is 0 Å². The number of alkyl halides is 3. The summed E-state index contributed by atoms with van der Waals surface area (Å²) >= 11 is 1.13. The minimum atomic E-state index is -4.40. The van der Waals surface area contributed by atoms with Crippen LogP contribution >= 0.6 is 11.3 Å². The van der Waals surface area contributed by atoms with Crippen molar-refractivity contribution >= 4 is 11.3 Å². The van der Waals surface area contributed by atoms with E-state index in [4.69, 9.17) is 0 Å². The maximum absolute atomic E-state index is 13.1. The highest BCUT2D eigenvalue weighted by atomic mass is 32.1. The Balaban J connectivity index is 1.96. The molecule has 1 aliphatic carbocycles. The number of aryl methyl sites for hydroxylation is 1. The number of halogens is 3. The van der Waals surface area contributed by atoms with Crippen molar-refractivity contribution in [3.8, 4) is 10.6 Å². The Labute approximate surface area is 125 Å². The third kappa shape index (κ3) is 3.27. The first-order chi connectivity index (χ1) is 9.95. The Hall–Kier alpha value is -1.40. The van der Waals surface area contributed by atoms with Gasteiger partial charge in [-0.25, -0.2) is 4.98 Å². The molecule has 0 amide bonds. The Morgan fingerprint density at radius 1 is 1.29 bits per heavy atom. The van der Waals surface area contributed by atoms with E-state index >= 15 is 0 Å². The van der Waals surface area contributed by atoms with Crippen LogP contribution in [0.4, 0.5) is 13.2 Å². The number of rotatable bonds is 4. The van der Waals surface area contributed by atoms with Crippen molar-refractivity contribution in [1.29, 1.82) is 0 Å². The van der Waals surface area contributed by atoms with Gasteiger partial charge in [0.2, 0.25) is 0 Å². The molecule has 0 atom stereocenters. The first-order valence-electron chi connectivity index (χ1n) is 6.81. The van der Waals surface area contributed by atoms with Crippen LogP contribution < -0.4 is 5.32 Å². The quantitative estimate of drug-likeness (QED) is 0.905. The van der Waals surface area contributed by atoms with Gasteiger partial charge in [-0.15, -0.1) is 11.3 Å². The van der Waals surface area contributed by atoms with Gasteiger partial charge < -0.3 is 5.32 Å². The number of benzene rings is 1. The smallest absolute Gasteiger partial charge is 0.309 e.